The van der Waals surface area contributed by atoms with Crippen molar-refractivity contribution in [2.75, 3.05) is 11.5 Å². The molecule has 0 spiro atoms. The molecular formula is C32H20N6O14S4-4. The third kappa shape index (κ3) is 7.84. The van der Waals surface area contributed by atoms with Gasteiger partial charge in [0.2, 0.25) is 0 Å². The van der Waals surface area contributed by atoms with Crippen molar-refractivity contribution >= 4 is 96.1 Å². The fourth-order valence-corrected chi connectivity index (χ4v) is 7.88. The number of rotatable bonds is 9. The molecule has 0 saturated carbocycles. The van der Waals surface area contributed by atoms with Gasteiger partial charge >= 0.3 is 0 Å². The largest absolute Gasteiger partial charge is 0.744 e. The first-order chi connectivity index (χ1) is 25.9. The van der Waals surface area contributed by atoms with E-state index in [-0.39, 0.29) is 32.9 Å². The molecule has 56 heavy (non-hydrogen) atoms. The highest BCUT2D eigenvalue weighted by atomic mass is 32.2. The van der Waals surface area contributed by atoms with E-state index in [1.807, 2.05) is 0 Å². The summed E-state index contributed by atoms with van der Waals surface area (Å²) >= 11 is 0. The van der Waals surface area contributed by atoms with Gasteiger partial charge in [0.15, 0.2) is 11.5 Å². The van der Waals surface area contributed by atoms with Crippen LogP contribution in [0.3, 0.4) is 0 Å². The van der Waals surface area contributed by atoms with Crippen LogP contribution >= 0.6 is 0 Å². The Morgan fingerprint density at radius 3 is 1.05 bits per heavy atom. The molecule has 0 radical (unpaired) electrons. The van der Waals surface area contributed by atoms with Crippen LogP contribution in [0.4, 0.5) is 34.1 Å². The predicted octanol–water partition coefficient (Wildman–Crippen LogP) is 4.68. The predicted molar refractivity (Wildman–Crippen MR) is 192 cm³/mol. The van der Waals surface area contributed by atoms with Crippen LogP contribution in [0, 0.1) is 0 Å². The van der Waals surface area contributed by atoms with Crippen molar-refractivity contribution in [1.82, 2.24) is 0 Å². The van der Waals surface area contributed by atoms with E-state index >= 15 is 0 Å². The summed E-state index contributed by atoms with van der Waals surface area (Å²) in [4.78, 5) is -3.80. The number of benzene rings is 6. The maximum atomic E-state index is 12.1. The number of azo groups is 2. The van der Waals surface area contributed by atoms with Crippen LogP contribution in [0.25, 0.3) is 32.7 Å². The van der Waals surface area contributed by atoms with E-state index in [1.54, 1.807) is 24.3 Å². The van der Waals surface area contributed by atoms with E-state index in [4.69, 9.17) is 11.5 Å². The van der Waals surface area contributed by atoms with Gasteiger partial charge in [-0.25, -0.2) is 33.7 Å². The maximum Gasteiger partial charge on any atom is 0.154 e. The van der Waals surface area contributed by atoms with Gasteiger partial charge in [0.05, 0.1) is 31.0 Å². The molecule has 0 heterocycles. The lowest BCUT2D eigenvalue weighted by Crippen LogP contribution is -2.03. The molecule has 6 aromatic rings. The zero-order valence-electron chi connectivity index (χ0n) is 27.5. The quantitative estimate of drug-likeness (QED) is 0.0871. The van der Waals surface area contributed by atoms with E-state index in [9.17, 15) is 62.1 Å². The van der Waals surface area contributed by atoms with Crippen LogP contribution in [0.15, 0.2) is 125 Å². The van der Waals surface area contributed by atoms with Crippen LogP contribution < -0.4 is 11.5 Å². The van der Waals surface area contributed by atoms with Gasteiger partial charge in [0, 0.05) is 22.1 Å². The van der Waals surface area contributed by atoms with E-state index in [0.29, 0.717) is 23.3 Å². The molecule has 6 rings (SSSR count). The minimum Gasteiger partial charge on any atom is -0.744 e. The average Bonchev–Trinajstić information content (AvgIpc) is 3.09. The van der Waals surface area contributed by atoms with Crippen molar-refractivity contribution in [2.24, 2.45) is 20.5 Å². The van der Waals surface area contributed by atoms with Gasteiger partial charge in [-0.3, -0.25) is 0 Å². The molecular weight excluding hydrogens is 821 g/mol. The van der Waals surface area contributed by atoms with E-state index in [2.05, 4.69) is 20.5 Å². The maximum absolute atomic E-state index is 12.1. The molecule has 0 aliphatic heterocycles. The van der Waals surface area contributed by atoms with Gasteiger partial charge in [-0.15, -0.1) is 10.2 Å². The Morgan fingerprint density at radius 2 is 0.768 bits per heavy atom. The molecule has 0 fully saturated rings. The molecule has 0 atom stereocenters. The van der Waals surface area contributed by atoms with Crippen molar-refractivity contribution in [1.29, 1.82) is 0 Å². The van der Waals surface area contributed by atoms with Crippen LogP contribution in [0.1, 0.15) is 0 Å². The molecule has 290 valence electrons. The third-order valence-corrected chi connectivity index (χ3v) is 11.3. The van der Waals surface area contributed by atoms with Crippen LogP contribution in [-0.4, -0.2) is 62.1 Å². The summed E-state index contributed by atoms with van der Waals surface area (Å²) in [5.41, 5.74) is 10.6. The number of anilines is 2. The lowest BCUT2D eigenvalue weighted by atomic mass is 10.1. The Morgan fingerprint density at radius 1 is 0.446 bits per heavy atom. The van der Waals surface area contributed by atoms with Gasteiger partial charge in [0.25, 0.3) is 0 Å². The van der Waals surface area contributed by atoms with Crippen LogP contribution in [-0.2, 0) is 40.5 Å². The van der Waals surface area contributed by atoms with Crippen molar-refractivity contribution in [3.63, 3.8) is 0 Å². The Bertz CT molecular complexity index is 2940. The third-order valence-electron chi connectivity index (χ3n) is 8.02. The minimum absolute atomic E-state index is 0.111. The summed E-state index contributed by atoms with van der Waals surface area (Å²) in [5, 5.41) is 35.7. The summed E-state index contributed by atoms with van der Waals surface area (Å²) in [6.45, 7) is 0. The number of hydrogen-bond acceptors (Lipinski definition) is 20. The van der Waals surface area contributed by atoms with Gasteiger partial charge in [-0.1, -0.05) is 24.3 Å². The molecule has 20 nitrogen and oxygen atoms in total. The molecule has 0 aliphatic rings. The second kappa shape index (κ2) is 13.9. The topological polar surface area (TPSA) is 371 Å². The number of fused-ring (bicyclic) bond motifs is 2. The zero-order valence-corrected chi connectivity index (χ0v) is 30.7. The standard InChI is InChI=1S/C32H24N6O14S4/c33-23-13-21(53(41,42)43)9-17-11-25(55(47,48)49)29(31(39)27(17)23)37-35-19-5-1-15(2-6-19)16-3-7-20(8-4-16)36-38-30-26(56(50,51)52)12-18-10-22(54(44,45)46)14-24(34)28(18)32(30)40/h1-14,39-40H,33-34H2,(H,41,42,43)(H,44,45,46)(H,47,48,49)(H,50,51,52)/p-4. The molecule has 0 saturated heterocycles. The van der Waals surface area contributed by atoms with Gasteiger partial charge < -0.3 is 39.9 Å². The zero-order chi connectivity index (χ0) is 41.1. The molecule has 0 unspecified atom stereocenters. The molecule has 6 aromatic carbocycles. The fraction of sp³-hybridized carbons (Fsp3) is 0. The molecule has 0 bridgehead atoms. The normalized spacial score (nSPS) is 13.0. The van der Waals surface area contributed by atoms with E-state index in [0.717, 1.165) is 24.3 Å². The number of nitrogen functional groups attached to an aromatic ring is 2. The first-order valence-corrected chi connectivity index (χ1v) is 20.6. The molecule has 6 N–H and O–H groups in total. The molecule has 24 heteroatoms. The van der Waals surface area contributed by atoms with Gasteiger partial charge in [-0.2, -0.15) is 10.2 Å². The monoisotopic (exact) mass is 840 g/mol. The Labute approximate surface area is 316 Å². The number of aromatic hydroxyl groups is 2. The van der Waals surface area contributed by atoms with Crippen molar-refractivity contribution < 1.29 is 62.1 Å². The summed E-state index contributed by atoms with van der Waals surface area (Å²) < 4.78 is 141. The first-order valence-electron chi connectivity index (χ1n) is 15.0. The second-order valence-electron chi connectivity index (χ2n) is 11.7. The van der Waals surface area contributed by atoms with Crippen LogP contribution in [0.5, 0.6) is 11.5 Å². The molecule has 0 aromatic heterocycles. The first kappa shape index (κ1) is 39.6. The number of nitrogens with zero attached hydrogens (tertiary/aromatic N) is 4. The molecule has 0 aliphatic carbocycles. The lowest BCUT2D eigenvalue weighted by Gasteiger charge is -2.16. The number of phenolic OH excluding ortho intramolecular Hbond substituents is 2. The van der Waals surface area contributed by atoms with Gasteiger partial charge in [0.1, 0.15) is 51.8 Å². The smallest absolute Gasteiger partial charge is 0.154 e. The summed E-state index contributed by atoms with van der Waals surface area (Å²) in [6.07, 6.45) is 0. The summed E-state index contributed by atoms with van der Waals surface area (Å²) in [7, 11) is -20.8. The van der Waals surface area contributed by atoms with Crippen LogP contribution in [0.2, 0.25) is 0 Å². The second-order valence-corrected chi connectivity index (χ2v) is 17.1. The van der Waals surface area contributed by atoms with E-state index in [1.165, 1.54) is 24.3 Å². The number of hydrogen-bond donors (Lipinski definition) is 4. The molecule has 0 amide bonds. The summed E-state index contributed by atoms with van der Waals surface area (Å²) in [5.74, 6) is -1.83. The van der Waals surface area contributed by atoms with Crippen molar-refractivity contribution in [3.05, 3.63) is 84.9 Å². The average molecular weight is 841 g/mol. The van der Waals surface area contributed by atoms with Crippen molar-refractivity contribution in [2.45, 2.75) is 19.6 Å². The number of phenols is 2. The SMILES string of the molecule is Nc1cc(S(=O)(=O)[O-])cc2cc(S(=O)(=O)[O-])c(N=Nc3ccc(-c4ccc(N=Nc5c(S(=O)(=O)[O-])cc6cc(S(=O)(=O)[O-])cc(N)c6c5O)cc4)cc3)c(O)c12. The van der Waals surface area contributed by atoms with E-state index < -0.39 is 94.3 Å². The highest BCUT2D eigenvalue weighted by Crippen LogP contribution is 2.46. The lowest BCUT2D eigenvalue weighted by molar-refractivity contribution is 0.457. The summed E-state index contributed by atoms with van der Waals surface area (Å²) in [6, 6.07) is 16.4. The van der Waals surface area contributed by atoms with Gasteiger partial charge in [-0.05, 0) is 82.6 Å². The van der Waals surface area contributed by atoms with Crippen molar-refractivity contribution in [3.8, 4) is 22.6 Å². The fourth-order valence-electron chi connectivity index (χ4n) is 5.50. The number of nitrogens with two attached hydrogens (primary N) is 2. The Balaban J connectivity index is 1.28. The highest BCUT2D eigenvalue weighted by molar-refractivity contribution is 7.86. The minimum atomic E-state index is -5.34. The Hall–Kier alpha value is -6.12. The Kier molecular flexibility index (Phi) is 9.80. The highest BCUT2D eigenvalue weighted by Gasteiger charge is 2.22.